The monoisotopic (exact) mass is 269 g/mol. The van der Waals surface area contributed by atoms with Crippen LogP contribution in [0.15, 0.2) is 0 Å². The minimum absolute atomic E-state index is 0.0512. The highest BCUT2D eigenvalue weighted by Gasteiger charge is 2.31. The van der Waals surface area contributed by atoms with Crippen molar-refractivity contribution in [1.29, 1.82) is 0 Å². The highest BCUT2D eigenvalue weighted by atomic mass is 32.2. The van der Waals surface area contributed by atoms with Gasteiger partial charge < -0.3 is 4.57 Å². The highest BCUT2D eigenvalue weighted by molar-refractivity contribution is 7.91. The molecule has 18 heavy (non-hydrogen) atoms. The Morgan fingerprint density at radius 3 is 2.89 bits per heavy atom. The number of hydrogen-bond acceptors (Lipinski definition) is 4. The van der Waals surface area contributed by atoms with Gasteiger partial charge in [-0.15, -0.1) is 10.2 Å². The summed E-state index contributed by atoms with van der Waals surface area (Å²) in [6.07, 6.45) is 3.80. The Bertz CT molecular complexity index is 550. The van der Waals surface area contributed by atoms with Gasteiger partial charge in [-0.1, -0.05) is 6.92 Å². The maximum Gasteiger partial charge on any atom is 0.151 e. The Hall–Kier alpha value is -0.910. The summed E-state index contributed by atoms with van der Waals surface area (Å²) in [6, 6.07) is 0. The van der Waals surface area contributed by atoms with Crippen molar-refractivity contribution in [1.82, 2.24) is 14.8 Å². The van der Waals surface area contributed by atoms with Gasteiger partial charge in [-0.25, -0.2) is 8.42 Å². The molecule has 2 unspecified atom stereocenters. The van der Waals surface area contributed by atoms with Crippen molar-refractivity contribution >= 4 is 9.84 Å². The first-order valence-corrected chi connectivity index (χ1v) is 8.50. The van der Waals surface area contributed by atoms with Gasteiger partial charge in [0, 0.05) is 18.9 Å². The van der Waals surface area contributed by atoms with Crippen molar-refractivity contribution in [3.05, 3.63) is 11.6 Å². The van der Waals surface area contributed by atoms with Crippen LogP contribution in [-0.2, 0) is 22.8 Å². The van der Waals surface area contributed by atoms with Crippen LogP contribution in [0.4, 0.5) is 0 Å². The molecule has 0 bridgehead atoms. The normalized spacial score (nSPS) is 30.9. The van der Waals surface area contributed by atoms with Gasteiger partial charge in [-0.2, -0.15) is 0 Å². The van der Waals surface area contributed by atoms with Crippen LogP contribution >= 0.6 is 0 Å². The molecule has 2 aliphatic rings. The molecule has 3 heterocycles. The molecule has 0 aromatic carbocycles. The van der Waals surface area contributed by atoms with Gasteiger partial charge in [-0.05, 0) is 25.2 Å². The molecule has 1 saturated heterocycles. The van der Waals surface area contributed by atoms with Crippen molar-refractivity contribution in [2.45, 2.75) is 45.1 Å². The zero-order chi connectivity index (χ0) is 12.8. The summed E-state index contributed by atoms with van der Waals surface area (Å²) in [4.78, 5) is 0. The molecule has 6 heteroatoms. The molecule has 1 aromatic heterocycles. The SMILES string of the molecule is CC1CCc2nnc(C3CCCS(=O)(=O)C3)n2C1. The zero-order valence-corrected chi connectivity index (χ0v) is 11.5. The van der Waals surface area contributed by atoms with E-state index in [9.17, 15) is 8.42 Å². The predicted octanol–water partition coefficient (Wildman–Crippen LogP) is 1.15. The molecule has 0 radical (unpaired) electrons. The van der Waals surface area contributed by atoms with Gasteiger partial charge in [-0.3, -0.25) is 0 Å². The van der Waals surface area contributed by atoms with Crippen LogP contribution in [0.5, 0.6) is 0 Å². The summed E-state index contributed by atoms with van der Waals surface area (Å²) in [7, 11) is -2.88. The number of hydrogen-bond donors (Lipinski definition) is 0. The topological polar surface area (TPSA) is 64.8 Å². The van der Waals surface area contributed by atoms with Crippen molar-refractivity contribution in [3.8, 4) is 0 Å². The lowest BCUT2D eigenvalue weighted by Crippen LogP contribution is -2.28. The molecule has 3 rings (SSSR count). The second-order valence-electron chi connectivity index (χ2n) is 5.68. The van der Waals surface area contributed by atoms with Crippen LogP contribution in [0.1, 0.15) is 43.8 Å². The van der Waals surface area contributed by atoms with E-state index in [4.69, 9.17) is 0 Å². The van der Waals surface area contributed by atoms with Crippen molar-refractivity contribution in [3.63, 3.8) is 0 Å². The molecular formula is C12H19N3O2S. The van der Waals surface area contributed by atoms with Gasteiger partial charge in [0.15, 0.2) is 9.84 Å². The maximum absolute atomic E-state index is 11.7. The van der Waals surface area contributed by atoms with E-state index in [1.165, 1.54) is 0 Å². The molecule has 1 fully saturated rings. The van der Waals surface area contributed by atoms with E-state index in [1.54, 1.807) is 0 Å². The minimum atomic E-state index is -2.88. The van der Waals surface area contributed by atoms with Crippen LogP contribution in [0.2, 0.25) is 0 Å². The third-order valence-corrected chi connectivity index (χ3v) is 5.86. The van der Waals surface area contributed by atoms with Gasteiger partial charge >= 0.3 is 0 Å². The standard InChI is InChI=1S/C12H19N3O2S/c1-9-4-5-11-13-14-12(15(11)7-9)10-3-2-6-18(16,17)8-10/h9-10H,2-8H2,1H3. The third kappa shape index (κ3) is 2.18. The van der Waals surface area contributed by atoms with Crippen LogP contribution < -0.4 is 0 Å². The second-order valence-corrected chi connectivity index (χ2v) is 7.91. The first kappa shape index (κ1) is 12.1. The summed E-state index contributed by atoms with van der Waals surface area (Å²) in [6.45, 7) is 3.17. The number of nitrogens with zero attached hydrogens (tertiary/aromatic N) is 3. The van der Waals surface area contributed by atoms with E-state index in [2.05, 4.69) is 21.7 Å². The third-order valence-electron chi connectivity index (χ3n) is 4.04. The summed E-state index contributed by atoms with van der Waals surface area (Å²) in [5, 5.41) is 8.50. The van der Waals surface area contributed by atoms with Gasteiger partial charge in [0.1, 0.15) is 11.6 Å². The molecule has 0 amide bonds. The lowest BCUT2D eigenvalue weighted by molar-refractivity contribution is 0.378. The van der Waals surface area contributed by atoms with Crippen molar-refractivity contribution < 1.29 is 8.42 Å². The van der Waals surface area contributed by atoms with E-state index in [1.807, 2.05) is 0 Å². The summed E-state index contributed by atoms with van der Waals surface area (Å²) < 4.78 is 25.6. The van der Waals surface area contributed by atoms with Crippen molar-refractivity contribution in [2.24, 2.45) is 5.92 Å². The molecular weight excluding hydrogens is 250 g/mol. The molecule has 5 nitrogen and oxygen atoms in total. The second kappa shape index (κ2) is 4.33. The van der Waals surface area contributed by atoms with E-state index >= 15 is 0 Å². The largest absolute Gasteiger partial charge is 0.314 e. The fourth-order valence-corrected chi connectivity index (χ4v) is 4.74. The molecule has 100 valence electrons. The van der Waals surface area contributed by atoms with Crippen LogP contribution in [0.25, 0.3) is 0 Å². The lowest BCUT2D eigenvalue weighted by Gasteiger charge is -2.25. The molecule has 0 spiro atoms. The van der Waals surface area contributed by atoms with E-state index in [0.29, 0.717) is 11.7 Å². The molecule has 0 saturated carbocycles. The fourth-order valence-electron chi connectivity index (χ4n) is 3.04. The summed E-state index contributed by atoms with van der Waals surface area (Å²) in [5.74, 6) is 3.20. The van der Waals surface area contributed by atoms with Crippen molar-refractivity contribution in [2.75, 3.05) is 11.5 Å². The maximum atomic E-state index is 11.7. The quantitative estimate of drug-likeness (QED) is 0.767. The van der Waals surface area contributed by atoms with Gasteiger partial charge in [0.2, 0.25) is 0 Å². The van der Waals surface area contributed by atoms with Gasteiger partial charge in [0.25, 0.3) is 0 Å². The highest BCUT2D eigenvalue weighted by Crippen LogP contribution is 2.30. The smallest absolute Gasteiger partial charge is 0.151 e. The number of fused-ring (bicyclic) bond motifs is 1. The average Bonchev–Trinajstić information content (AvgIpc) is 2.70. The van der Waals surface area contributed by atoms with Crippen LogP contribution in [-0.4, -0.2) is 34.7 Å². The molecule has 0 aliphatic carbocycles. The Kier molecular flexibility index (Phi) is 2.92. The fraction of sp³-hybridized carbons (Fsp3) is 0.833. The predicted molar refractivity (Wildman–Crippen MR) is 68.1 cm³/mol. The number of aromatic nitrogens is 3. The molecule has 1 aromatic rings. The molecule has 2 aliphatic heterocycles. The molecule has 2 atom stereocenters. The van der Waals surface area contributed by atoms with Gasteiger partial charge in [0.05, 0.1) is 11.5 Å². The van der Waals surface area contributed by atoms with E-state index in [0.717, 1.165) is 43.9 Å². The first-order chi connectivity index (χ1) is 8.55. The van der Waals surface area contributed by atoms with Crippen LogP contribution in [0.3, 0.4) is 0 Å². The zero-order valence-electron chi connectivity index (χ0n) is 10.7. The molecule has 0 N–H and O–H groups in total. The number of sulfone groups is 1. The number of aryl methyl sites for hydroxylation is 1. The number of rotatable bonds is 1. The van der Waals surface area contributed by atoms with E-state index in [-0.39, 0.29) is 11.7 Å². The Balaban J connectivity index is 1.91. The Morgan fingerprint density at radius 1 is 1.28 bits per heavy atom. The lowest BCUT2D eigenvalue weighted by atomic mass is 9.99. The minimum Gasteiger partial charge on any atom is -0.314 e. The van der Waals surface area contributed by atoms with Crippen LogP contribution in [0, 0.1) is 5.92 Å². The summed E-state index contributed by atoms with van der Waals surface area (Å²) in [5.41, 5.74) is 0. The Labute approximate surface area is 108 Å². The summed E-state index contributed by atoms with van der Waals surface area (Å²) >= 11 is 0. The Morgan fingerprint density at radius 2 is 2.11 bits per heavy atom. The first-order valence-electron chi connectivity index (χ1n) is 6.67. The van der Waals surface area contributed by atoms with E-state index < -0.39 is 9.84 Å². The average molecular weight is 269 g/mol.